The van der Waals surface area contributed by atoms with Gasteiger partial charge in [0.15, 0.2) is 11.5 Å². The minimum atomic E-state index is -0.379. The standard InChI is InChI=1S/C23H23ClN2O4/c1-4-29-21-11-15(10-19(24)22(21)30-5-2)14-25-26-23(27)18-12-16-8-6-7-9-17(16)13-20(18)28-3/h6-14H,4-5H2,1-3H3,(H,26,27)/b25-14-. The molecule has 0 spiro atoms. The van der Waals surface area contributed by atoms with Crippen molar-refractivity contribution < 1.29 is 19.0 Å². The highest BCUT2D eigenvalue weighted by molar-refractivity contribution is 6.32. The van der Waals surface area contributed by atoms with Crippen molar-refractivity contribution in [2.45, 2.75) is 13.8 Å². The van der Waals surface area contributed by atoms with E-state index in [0.717, 1.165) is 10.8 Å². The Bertz CT molecular complexity index is 1080. The van der Waals surface area contributed by atoms with Gasteiger partial charge in [0.05, 0.1) is 37.1 Å². The molecule has 0 aliphatic carbocycles. The highest BCUT2D eigenvalue weighted by Crippen LogP contribution is 2.36. The summed E-state index contributed by atoms with van der Waals surface area (Å²) in [4.78, 5) is 12.7. The van der Waals surface area contributed by atoms with E-state index >= 15 is 0 Å². The second-order valence-corrected chi connectivity index (χ2v) is 6.70. The van der Waals surface area contributed by atoms with Gasteiger partial charge in [-0.2, -0.15) is 5.10 Å². The second-order valence-electron chi connectivity index (χ2n) is 6.29. The van der Waals surface area contributed by atoms with Gasteiger partial charge in [0.2, 0.25) is 0 Å². The molecular weight excluding hydrogens is 404 g/mol. The van der Waals surface area contributed by atoms with Gasteiger partial charge in [-0.05, 0) is 54.4 Å². The summed E-state index contributed by atoms with van der Waals surface area (Å²) >= 11 is 6.31. The number of methoxy groups -OCH3 is 1. The van der Waals surface area contributed by atoms with E-state index < -0.39 is 0 Å². The molecule has 0 saturated heterocycles. The predicted octanol–water partition coefficient (Wildman–Crippen LogP) is 5.06. The van der Waals surface area contributed by atoms with E-state index in [-0.39, 0.29) is 5.91 Å². The average Bonchev–Trinajstić information content (AvgIpc) is 2.75. The van der Waals surface area contributed by atoms with Crippen molar-refractivity contribution in [1.29, 1.82) is 0 Å². The van der Waals surface area contributed by atoms with Crippen LogP contribution in [0.1, 0.15) is 29.8 Å². The molecule has 0 aliphatic heterocycles. The molecule has 0 saturated carbocycles. The van der Waals surface area contributed by atoms with Gasteiger partial charge >= 0.3 is 0 Å². The largest absolute Gasteiger partial charge is 0.496 e. The highest BCUT2D eigenvalue weighted by atomic mass is 35.5. The van der Waals surface area contributed by atoms with Crippen molar-refractivity contribution in [3.63, 3.8) is 0 Å². The number of ether oxygens (including phenoxy) is 3. The minimum absolute atomic E-state index is 0.379. The number of nitrogens with zero attached hydrogens (tertiary/aromatic N) is 1. The zero-order chi connectivity index (χ0) is 21.5. The van der Waals surface area contributed by atoms with Gasteiger partial charge in [0.25, 0.3) is 5.91 Å². The maximum absolute atomic E-state index is 12.7. The Hall–Kier alpha value is -3.25. The Morgan fingerprint density at radius 2 is 1.73 bits per heavy atom. The number of rotatable bonds is 8. The van der Waals surface area contributed by atoms with Crippen LogP contribution in [0, 0.1) is 0 Å². The molecule has 0 heterocycles. The molecular formula is C23H23ClN2O4. The quantitative estimate of drug-likeness (QED) is 0.403. The van der Waals surface area contributed by atoms with Crippen molar-refractivity contribution in [2.24, 2.45) is 5.10 Å². The summed E-state index contributed by atoms with van der Waals surface area (Å²) in [6, 6.07) is 14.8. The maximum Gasteiger partial charge on any atom is 0.275 e. The fraction of sp³-hybridized carbons (Fsp3) is 0.217. The first-order chi connectivity index (χ1) is 14.6. The SMILES string of the molecule is CCOc1cc(/C=N\NC(=O)c2cc3ccccc3cc2OC)cc(Cl)c1OCC. The number of carbonyl (C=O) groups is 1. The number of hydrogen-bond acceptors (Lipinski definition) is 5. The molecule has 3 aromatic carbocycles. The van der Waals surface area contributed by atoms with Crippen LogP contribution in [-0.4, -0.2) is 32.4 Å². The number of amides is 1. The van der Waals surface area contributed by atoms with Crippen molar-refractivity contribution >= 4 is 34.5 Å². The molecule has 6 nitrogen and oxygen atoms in total. The summed E-state index contributed by atoms with van der Waals surface area (Å²) in [5.74, 6) is 1.11. The van der Waals surface area contributed by atoms with Crippen molar-refractivity contribution in [2.75, 3.05) is 20.3 Å². The molecule has 30 heavy (non-hydrogen) atoms. The fourth-order valence-corrected chi connectivity index (χ4v) is 3.27. The Balaban J connectivity index is 1.81. The molecule has 7 heteroatoms. The van der Waals surface area contributed by atoms with Gasteiger partial charge in [-0.3, -0.25) is 4.79 Å². The monoisotopic (exact) mass is 426 g/mol. The molecule has 0 aromatic heterocycles. The summed E-state index contributed by atoms with van der Waals surface area (Å²) in [5.41, 5.74) is 3.59. The van der Waals surface area contributed by atoms with Crippen LogP contribution in [-0.2, 0) is 0 Å². The van der Waals surface area contributed by atoms with Crippen molar-refractivity contribution in [3.05, 3.63) is 64.7 Å². The summed E-state index contributed by atoms with van der Waals surface area (Å²) in [6.07, 6.45) is 1.50. The topological polar surface area (TPSA) is 69.2 Å². The lowest BCUT2D eigenvalue weighted by Gasteiger charge is -2.13. The van der Waals surface area contributed by atoms with Gasteiger partial charge in [-0.1, -0.05) is 35.9 Å². The van der Waals surface area contributed by atoms with Crippen molar-refractivity contribution in [1.82, 2.24) is 5.43 Å². The number of halogens is 1. The second kappa shape index (κ2) is 9.98. The van der Waals surface area contributed by atoms with Gasteiger partial charge in [-0.15, -0.1) is 0 Å². The number of benzene rings is 3. The fourth-order valence-electron chi connectivity index (χ4n) is 3.00. The first-order valence-electron chi connectivity index (χ1n) is 9.56. The van der Waals surface area contributed by atoms with Crippen LogP contribution in [0.15, 0.2) is 53.6 Å². The van der Waals surface area contributed by atoms with Crippen LogP contribution < -0.4 is 19.6 Å². The smallest absolute Gasteiger partial charge is 0.275 e. The molecule has 0 bridgehead atoms. The average molecular weight is 427 g/mol. The zero-order valence-corrected chi connectivity index (χ0v) is 17.8. The summed E-state index contributed by atoms with van der Waals surface area (Å²) < 4.78 is 16.5. The number of carbonyl (C=O) groups excluding carboxylic acids is 1. The first-order valence-corrected chi connectivity index (χ1v) is 9.94. The van der Waals surface area contributed by atoms with Crippen LogP contribution in [0.2, 0.25) is 5.02 Å². The highest BCUT2D eigenvalue weighted by Gasteiger charge is 2.14. The molecule has 0 fully saturated rings. The number of fused-ring (bicyclic) bond motifs is 1. The van der Waals surface area contributed by atoms with Crippen LogP contribution in [0.25, 0.3) is 10.8 Å². The van der Waals surface area contributed by atoms with Crippen LogP contribution in [0.3, 0.4) is 0 Å². The lowest BCUT2D eigenvalue weighted by atomic mass is 10.1. The molecule has 0 atom stereocenters. The molecule has 0 aliphatic rings. The number of hydrogen-bond donors (Lipinski definition) is 1. The number of nitrogens with one attached hydrogen (secondary N) is 1. The molecule has 3 aromatic rings. The van der Waals surface area contributed by atoms with E-state index in [2.05, 4.69) is 10.5 Å². The third-order valence-corrected chi connectivity index (χ3v) is 4.59. The minimum Gasteiger partial charge on any atom is -0.496 e. The van der Waals surface area contributed by atoms with Gasteiger partial charge < -0.3 is 14.2 Å². The van der Waals surface area contributed by atoms with Crippen LogP contribution >= 0.6 is 11.6 Å². The van der Waals surface area contributed by atoms with E-state index in [1.54, 1.807) is 18.2 Å². The Morgan fingerprint density at radius 1 is 1.03 bits per heavy atom. The third-order valence-electron chi connectivity index (χ3n) is 4.31. The van der Waals surface area contributed by atoms with Crippen LogP contribution in [0.5, 0.6) is 17.2 Å². The first kappa shape index (κ1) is 21.5. The van der Waals surface area contributed by atoms with E-state index in [1.165, 1.54) is 13.3 Å². The predicted molar refractivity (Wildman–Crippen MR) is 119 cm³/mol. The van der Waals surface area contributed by atoms with Crippen molar-refractivity contribution in [3.8, 4) is 17.2 Å². The van der Waals surface area contributed by atoms with E-state index in [0.29, 0.717) is 46.6 Å². The molecule has 0 unspecified atom stereocenters. The Morgan fingerprint density at radius 3 is 2.40 bits per heavy atom. The summed E-state index contributed by atoms with van der Waals surface area (Å²) in [7, 11) is 1.53. The molecule has 0 radical (unpaired) electrons. The van der Waals surface area contributed by atoms with Gasteiger partial charge in [-0.25, -0.2) is 5.43 Å². The summed E-state index contributed by atoms with van der Waals surface area (Å²) in [5, 5.41) is 6.39. The molecule has 1 amide bonds. The zero-order valence-electron chi connectivity index (χ0n) is 17.1. The molecule has 1 N–H and O–H groups in total. The van der Waals surface area contributed by atoms with E-state index in [4.69, 9.17) is 25.8 Å². The van der Waals surface area contributed by atoms with E-state index in [9.17, 15) is 4.79 Å². The lowest BCUT2D eigenvalue weighted by molar-refractivity contribution is 0.0952. The number of hydrazone groups is 1. The summed E-state index contributed by atoms with van der Waals surface area (Å²) in [6.45, 7) is 4.69. The van der Waals surface area contributed by atoms with E-state index in [1.807, 2.05) is 44.2 Å². The lowest BCUT2D eigenvalue weighted by Crippen LogP contribution is -2.18. The Kier molecular flexibility index (Phi) is 7.14. The van der Waals surface area contributed by atoms with Gasteiger partial charge in [0, 0.05) is 0 Å². The maximum atomic E-state index is 12.7. The Labute approximate surface area is 180 Å². The molecule has 156 valence electrons. The normalized spacial score (nSPS) is 10.9. The third kappa shape index (κ3) is 4.83. The van der Waals surface area contributed by atoms with Gasteiger partial charge in [0.1, 0.15) is 5.75 Å². The van der Waals surface area contributed by atoms with Crippen LogP contribution in [0.4, 0.5) is 0 Å². The molecule has 3 rings (SSSR count).